The predicted octanol–water partition coefficient (Wildman–Crippen LogP) is 2.02. The van der Waals surface area contributed by atoms with Crippen LogP contribution in [0.1, 0.15) is 18.0 Å². The molecule has 0 amide bonds. The number of nitrogens with two attached hydrogens (primary N) is 1. The zero-order valence-electron chi connectivity index (χ0n) is 9.79. The highest BCUT2D eigenvalue weighted by Gasteiger charge is 2.12. The molecule has 0 bridgehead atoms. The lowest BCUT2D eigenvalue weighted by atomic mass is 10.1. The van der Waals surface area contributed by atoms with Gasteiger partial charge >= 0.3 is 0 Å². The van der Waals surface area contributed by atoms with Gasteiger partial charge in [0.1, 0.15) is 11.6 Å². The van der Waals surface area contributed by atoms with Crippen molar-refractivity contribution in [3.05, 3.63) is 35.4 Å². The Balaban J connectivity index is 2.38. The molecule has 0 aliphatic heterocycles. The maximum absolute atomic E-state index is 13.3. The summed E-state index contributed by atoms with van der Waals surface area (Å²) in [6, 6.07) is 2.76. The molecule has 0 saturated carbocycles. The Labute approximate surface area is 99.5 Å². The highest BCUT2D eigenvalue weighted by atomic mass is 19.1. The molecular weight excluding hydrogens is 228 g/mol. The van der Waals surface area contributed by atoms with Crippen molar-refractivity contribution in [2.75, 3.05) is 26.9 Å². The fourth-order valence-corrected chi connectivity index (χ4v) is 1.41. The van der Waals surface area contributed by atoms with Gasteiger partial charge in [-0.25, -0.2) is 8.78 Å². The number of hydrogen-bond acceptors (Lipinski definition) is 3. The second-order valence-electron chi connectivity index (χ2n) is 3.69. The maximum Gasteiger partial charge on any atom is 0.130 e. The lowest BCUT2D eigenvalue weighted by Gasteiger charge is -2.13. The van der Waals surface area contributed by atoms with Crippen molar-refractivity contribution >= 4 is 0 Å². The van der Waals surface area contributed by atoms with E-state index in [1.165, 1.54) is 12.1 Å². The molecule has 1 atom stereocenters. The molecule has 2 N–H and O–H groups in total. The third-order valence-electron chi connectivity index (χ3n) is 2.30. The van der Waals surface area contributed by atoms with Crippen LogP contribution in [-0.2, 0) is 9.47 Å². The molecule has 0 fully saturated rings. The number of hydrogen-bond donors (Lipinski definition) is 1. The van der Waals surface area contributed by atoms with Crippen LogP contribution in [0, 0.1) is 11.6 Å². The largest absolute Gasteiger partial charge is 0.385 e. The number of halogens is 2. The van der Waals surface area contributed by atoms with Gasteiger partial charge in [0.25, 0.3) is 0 Å². The number of benzene rings is 1. The molecule has 1 aromatic carbocycles. The molecule has 17 heavy (non-hydrogen) atoms. The molecule has 96 valence electrons. The zero-order valence-corrected chi connectivity index (χ0v) is 9.79. The molecule has 1 rings (SSSR count). The molecule has 1 unspecified atom stereocenters. The fourth-order valence-electron chi connectivity index (χ4n) is 1.41. The Morgan fingerprint density at radius 3 is 2.71 bits per heavy atom. The first-order valence-electron chi connectivity index (χ1n) is 5.42. The molecule has 0 saturated heterocycles. The van der Waals surface area contributed by atoms with E-state index in [1.807, 2.05) is 0 Å². The van der Waals surface area contributed by atoms with Crippen LogP contribution in [-0.4, -0.2) is 26.9 Å². The summed E-state index contributed by atoms with van der Waals surface area (Å²) in [4.78, 5) is 0. The minimum absolute atomic E-state index is 0.201. The van der Waals surface area contributed by atoms with Crippen LogP contribution >= 0.6 is 0 Å². The Bertz CT molecular complexity index is 347. The average Bonchev–Trinajstić information content (AvgIpc) is 2.28. The van der Waals surface area contributed by atoms with Gasteiger partial charge in [-0.05, 0) is 12.5 Å². The van der Waals surface area contributed by atoms with E-state index in [0.717, 1.165) is 12.5 Å². The molecule has 3 nitrogen and oxygen atoms in total. The highest BCUT2D eigenvalue weighted by Crippen LogP contribution is 2.16. The average molecular weight is 245 g/mol. The summed E-state index contributed by atoms with van der Waals surface area (Å²) in [6.07, 6.45) is 0.759. The summed E-state index contributed by atoms with van der Waals surface area (Å²) in [7, 11) is 1.61. The molecule has 0 spiro atoms. The first kappa shape index (κ1) is 14.0. The smallest absolute Gasteiger partial charge is 0.130 e. The van der Waals surface area contributed by atoms with Gasteiger partial charge in [0, 0.05) is 32.0 Å². The Morgan fingerprint density at radius 1 is 1.29 bits per heavy atom. The summed E-state index contributed by atoms with van der Waals surface area (Å²) in [5.41, 5.74) is 6.00. The van der Waals surface area contributed by atoms with E-state index < -0.39 is 17.7 Å². The van der Waals surface area contributed by atoms with Crippen molar-refractivity contribution in [3.63, 3.8) is 0 Å². The predicted molar refractivity (Wildman–Crippen MR) is 60.6 cm³/mol. The summed E-state index contributed by atoms with van der Waals surface area (Å²) in [5.74, 6) is -1.25. The molecule has 5 heteroatoms. The minimum Gasteiger partial charge on any atom is -0.385 e. The molecule has 0 aromatic heterocycles. The quantitative estimate of drug-likeness (QED) is 0.747. The van der Waals surface area contributed by atoms with Crippen LogP contribution in [0.2, 0.25) is 0 Å². The van der Waals surface area contributed by atoms with E-state index in [0.29, 0.717) is 13.2 Å². The van der Waals surface area contributed by atoms with Gasteiger partial charge in [-0.2, -0.15) is 0 Å². The number of ether oxygens (including phenoxy) is 2. The normalized spacial score (nSPS) is 12.7. The highest BCUT2D eigenvalue weighted by molar-refractivity contribution is 5.21. The summed E-state index contributed by atoms with van der Waals surface area (Å²) < 4.78 is 36.1. The summed E-state index contributed by atoms with van der Waals surface area (Å²) >= 11 is 0. The second-order valence-corrected chi connectivity index (χ2v) is 3.69. The Kier molecular flexibility index (Phi) is 6.04. The zero-order chi connectivity index (χ0) is 12.7. The molecule has 0 radical (unpaired) electrons. The van der Waals surface area contributed by atoms with Gasteiger partial charge in [-0.1, -0.05) is 6.07 Å². The van der Waals surface area contributed by atoms with E-state index in [-0.39, 0.29) is 12.2 Å². The van der Waals surface area contributed by atoms with Crippen molar-refractivity contribution in [2.24, 2.45) is 5.73 Å². The van der Waals surface area contributed by atoms with E-state index >= 15 is 0 Å². The second kappa shape index (κ2) is 7.32. The summed E-state index contributed by atoms with van der Waals surface area (Å²) in [6.45, 7) is 1.32. The maximum atomic E-state index is 13.3. The molecule has 0 aliphatic rings. The molecule has 0 heterocycles. The van der Waals surface area contributed by atoms with E-state index in [2.05, 4.69) is 0 Å². The van der Waals surface area contributed by atoms with E-state index in [1.54, 1.807) is 7.11 Å². The van der Waals surface area contributed by atoms with Gasteiger partial charge < -0.3 is 15.2 Å². The standard InChI is InChI=1S/C12H17F2NO2/c1-16-5-2-6-17-8-12(15)10-4-3-9(13)7-11(10)14/h3-4,7,12H,2,5-6,8,15H2,1H3. The van der Waals surface area contributed by atoms with Gasteiger partial charge in [0.05, 0.1) is 12.6 Å². The van der Waals surface area contributed by atoms with Crippen molar-refractivity contribution < 1.29 is 18.3 Å². The lowest BCUT2D eigenvalue weighted by molar-refractivity contribution is 0.0934. The lowest BCUT2D eigenvalue weighted by Crippen LogP contribution is -2.19. The van der Waals surface area contributed by atoms with Gasteiger partial charge in [-0.3, -0.25) is 0 Å². The Morgan fingerprint density at radius 2 is 2.06 bits per heavy atom. The van der Waals surface area contributed by atoms with E-state index in [4.69, 9.17) is 15.2 Å². The number of methoxy groups -OCH3 is 1. The summed E-state index contributed by atoms with van der Waals surface area (Å²) in [5, 5.41) is 0. The van der Waals surface area contributed by atoms with Gasteiger partial charge in [0.2, 0.25) is 0 Å². The van der Waals surface area contributed by atoms with Gasteiger partial charge in [-0.15, -0.1) is 0 Å². The van der Waals surface area contributed by atoms with Crippen molar-refractivity contribution in [2.45, 2.75) is 12.5 Å². The molecule has 0 aliphatic carbocycles. The Hall–Kier alpha value is -1.04. The first-order valence-corrected chi connectivity index (χ1v) is 5.42. The van der Waals surface area contributed by atoms with E-state index in [9.17, 15) is 8.78 Å². The topological polar surface area (TPSA) is 44.5 Å². The SMILES string of the molecule is COCCCOCC(N)c1ccc(F)cc1F. The van der Waals surface area contributed by atoms with Crippen LogP contribution in [0.5, 0.6) is 0 Å². The fraction of sp³-hybridized carbons (Fsp3) is 0.500. The molecular formula is C12H17F2NO2. The monoisotopic (exact) mass is 245 g/mol. The molecule has 1 aromatic rings. The van der Waals surface area contributed by atoms with Crippen LogP contribution in [0.4, 0.5) is 8.78 Å². The van der Waals surface area contributed by atoms with Crippen molar-refractivity contribution in [3.8, 4) is 0 Å². The third kappa shape index (κ3) is 4.77. The van der Waals surface area contributed by atoms with Crippen LogP contribution < -0.4 is 5.73 Å². The van der Waals surface area contributed by atoms with Crippen molar-refractivity contribution in [1.82, 2.24) is 0 Å². The van der Waals surface area contributed by atoms with Gasteiger partial charge in [0.15, 0.2) is 0 Å². The first-order chi connectivity index (χ1) is 8.15. The minimum atomic E-state index is -0.641. The van der Waals surface area contributed by atoms with Crippen molar-refractivity contribution in [1.29, 1.82) is 0 Å². The van der Waals surface area contributed by atoms with Crippen LogP contribution in [0.15, 0.2) is 18.2 Å². The third-order valence-corrected chi connectivity index (χ3v) is 2.30. The van der Waals surface area contributed by atoms with Crippen LogP contribution in [0.3, 0.4) is 0 Å². The van der Waals surface area contributed by atoms with Crippen LogP contribution in [0.25, 0.3) is 0 Å². The number of rotatable bonds is 7.